The molecule has 1 N–H and O–H groups in total. The summed E-state index contributed by atoms with van der Waals surface area (Å²) in [5.74, 6) is 0.626. The van der Waals surface area contributed by atoms with Gasteiger partial charge in [-0.1, -0.05) is 11.8 Å². The minimum Gasteiger partial charge on any atom is -0.411 e. The average molecular weight is 370 g/mol. The number of nitrogens with one attached hydrogen (secondary N) is 1. The van der Waals surface area contributed by atoms with Gasteiger partial charge in [0.25, 0.3) is 5.22 Å². The monoisotopic (exact) mass is 370 g/mol. The van der Waals surface area contributed by atoms with Crippen LogP contribution in [0, 0.1) is 13.8 Å². The molecule has 2 aromatic heterocycles. The predicted octanol–water partition coefficient (Wildman–Crippen LogP) is 3.94. The number of carbonyl (C=O) groups is 1. The third-order valence-electron chi connectivity index (χ3n) is 5.00. The molecule has 136 valence electrons. The first-order chi connectivity index (χ1) is 12.5. The third-order valence-corrected chi connectivity index (χ3v) is 5.93. The van der Waals surface area contributed by atoms with Crippen LogP contribution in [0.4, 0.5) is 0 Å². The van der Waals surface area contributed by atoms with Crippen LogP contribution in [0.1, 0.15) is 31.0 Å². The van der Waals surface area contributed by atoms with Gasteiger partial charge in [0.2, 0.25) is 11.8 Å². The molecule has 4 rings (SSSR count). The SMILES string of the molecule is Cc1[nH]c2ccc(-c3nnc(SC(C)C(=O)N4CCCC4)o3)cc2c1C. The Bertz CT molecular complexity index is 956. The van der Waals surface area contributed by atoms with Crippen LogP contribution >= 0.6 is 11.8 Å². The van der Waals surface area contributed by atoms with Gasteiger partial charge in [-0.2, -0.15) is 0 Å². The van der Waals surface area contributed by atoms with Crippen molar-refractivity contribution in [3.8, 4) is 11.5 Å². The molecular weight excluding hydrogens is 348 g/mol. The minimum atomic E-state index is -0.224. The van der Waals surface area contributed by atoms with Gasteiger partial charge in [-0.15, -0.1) is 10.2 Å². The van der Waals surface area contributed by atoms with Crippen LogP contribution in [-0.4, -0.2) is 44.3 Å². The van der Waals surface area contributed by atoms with Crippen molar-refractivity contribution in [2.24, 2.45) is 0 Å². The molecule has 1 unspecified atom stereocenters. The summed E-state index contributed by atoms with van der Waals surface area (Å²) in [6.45, 7) is 7.77. The van der Waals surface area contributed by atoms with E-state index in [9.17, 15) is 4.79 Å². The normalized spacial score (nSPS) is 15.7. The minimum absolute atomic E-state index is 0.145. The second-order valence-electron chi connectivity index (χ2n) is 6.80. The van der Waals surface area contributed by atoms with Gasteiger partial charge in [-0.3, -0.25) is 4.79 Å². The second-order valence-corrected chi connectivity index (χ2v) is 8.09. The number of aryl methyl sites for hydroxylation is 2. The van der Waals surface area contributed by atoms with Crippen LogP contribution in [0.2, 0.25) is 0 Å². The molecule has 3 heterocycles. The van der Waals surface area contributed by atoms with E-state index in [1.807, 2.05) is 24.0 Å². The van der Waals surface area contributed by atoms with Crippen molar-refractivity contribution in [1.82, 2.24) is 20.1 Å². The van der Waals surface area contributed by atoms with Gasteiger partial charge in [-0.05, 0) is 57.4 Å². The zero-order valence-electron chi connectivity index (χ0n) is 15.2. The van der Waals surface area contributed by atoms with E-state index < -0.39 is 0 Å². The molecule has 3 aromatic rings. The van der Waals surface area contributed by atoms with Gasteiger partial charge in [0, 0.05) is 35.2 Å². The fourth-order valence-corrected chi connectivity index (χ4v) is 4.13. The van der Waals surface area contributed by atoms with Crippen LogP contribution in [0.3, 0.4) is 0 Å². The summed E-state index contributed by atoms with van der Waals surface area (Å²) in [5.41, 5.74) is 4.37. The van der Waals surface area contributed by atoms with Gasteiger partial charge in [0.05, 0.1) is 5.25 Å². The van der Waals surface area contributed by atoms with Crippen molar-refractivity contribution in [3.63, 3.8) is 0 Å². The summed E-state index contributed by atoms with van der Waals surface area (Å²) in [5, 5.41) is 9.65. The number of H-pyrrole nitrogens is 1. The van der Waals surface area contributed by atoms with E-state index in [2.05, 4.69) is 35.1 Å². The molecular formula is C19H22N4O2S. The molecule has 1 amide bonds. The number of carbonyl (C=O) groups excluding carboxylic acids is 1. The third kappa shape index (κ3) is 3.11. The molecule has 1 saturated heterocycles. The number of hydrogen-bond acceptors (Lipinski definition) is 5. The number of likely N-dealkylation sites (tertiary alicyclic amines) is 1. The molecule has 7 heteroatoms. The molecule has 1 atom stereocenters. The maximum absolute atomic E-state index is 12.4. The highest BCUT2D eigenvalue weighted by Gasteiger charge is 2.25. The molecule has 0 radical (unpaired) electrons. The number of nitrogens with zero attached hydrogens (tertiary/aromatic N) is 3. The number of amides is 1. The maximum atomic E-state index is 12.4. The Morgan fingerprint density at radius 1 is 1.27 bits per heavy atom. The average Bonchev–Trinajstić information content (AvgIpc) is 3.36. The number of hydrogen-bond donors (Lipinski definition) is 1. The highest BCUT2D eigenvalue weighted by Crippen LogP contribution is 2.30. The summed E-state index contributed by atoms with van der Waals surface area (Å²) in [6.07, 6.45) is 2.18. The smallest absolute Gasteiger partial charge is 0.277 e. The first kappa shape index (κ1) is 17.1. The Morgan fingerprint density at radius 2 is 2.04 bits per heavy atom. The molecule has 0 bridgehead atoms. The molecule has 26 heavy (non-hydrogen) atoms. The predicted molar refractivity (Wildman–Crippen MR) is 102 cm³/mol. The van der Waals surface area contributed by atoms with E-state index in [1.165, 1.54) is 17.3 Å². The highest BCUT2D eigenvalue weighted by molar-refractivity contribution is 8.00. The van der Waals surface area contributed by atoms with Crippen LogP contribution in [-0.2, 0) is 4.79 Å². The van der Waals surface area contributed by atoms with Crippen LogP contribution in [0.25, 0.3) is 22.4 Å². The summed E-state index contributed by atoms with van der Waals surface area (Å²) in [4.78, 5) is 17.7. The largest absolute Gasteiger partial charge is 0.411 e. The molecule has 0 aliphatic carbocycles. The van der Waals surface area contributed by atoms with Crippen molar-refractivity contribution in [2.75, 3.05) is 13.1 Å². The van der Waals surface area contributed by atoms with E-state index in [0.29, 0.717) is 11.1 Å². The van der Waals surface area contributed by atoms with Crippen LogP contribution in [0.5, 0.6) is 0 Å². The van der Waals surface area contributed by atoms with Gasteiger partial charge >= 0.3 is 0 Å². The molecule has 1 fully saturated rings. The lowest BCUT2D eigenvalue weighted by Gasteiger charge is -2.18. The lowest BCUT2D eigenvalue weighted by Crippen LogP contribution is -2.34. The summed E-state index contributed by atoms with van der Waals surface area (Å²) in [6, 6.07) is 6.06. The molecule has 6 nitrogen and oxygen atoms in total. The van der Waals surface area contributed by atoms with Crippen molar-refractivity contribution in [2.45, 2.75) is 44.1 Å². The van der Waals surface area contributed by atoms with Gasteiger partial charge < -0.3 is 14.3 Å². The topological polar surface area (TPSA) is 75.0 Å². The first-order valence-electron chi connectivity index (χ1n) is 8.91. The van der Waals surface area contributed by atoms with Gasteiger partial charge in [-0.25, -0.2) is 0 Å². The second kappa shape index (κ2) is 6.79. The van der Waals surface area contributed by atoms with E-state index in [0.717, 1.165) is 48.1 Å². The summed E-state index contributed by atoms with van der Waals surface area (Å²) in [7, 11) is 0. The number of thioether (sulfide) groups is 1. The molecule has 0 saturated carbocycles. The molecule has 1 aromatic carbocycles. The van der Waals surface area contributed by atoms with Gasteiger partial charge in [0.15, 0.2) is 0 Å². The quantitative estimate of drug-likeness (QED) is 0.704. The fraction of sp³-hybridized carbons (Fsp3) is 0.421. The highest BCUT2D eigenvalue weighted by atomic mass is 32.2. The Hall–Kier alpha value is -2.28. The number of fused-ring (bicyclic) bond motifs is 1. The number of aromatic amines is 1. The molecule has 1 aliphatic heterocycles. The summed E-state index contributed by atoms with van der Waals surface area (Å²) < 4.78 is 5.81. The standard InChI is InChI=1S/C19H22N4O2S/c1-11-12(2)20-16-7-6-14(10-15(11)16)17-21-22-19(25-17)26-13(3)18(24)23-8-4-5-9-23/h6-7,10,13,20H,4-5,8-9H2,1-3H3. The van der Waals surface area contributed by atoms with Crippen molar-refractivity contribution >= 4 is 28.6 Å². The number of benzene rings is 1. The Kier molecular flexibility index (Phi) is 4.48. The molecule has 0 spiro atoms. The van der Waals surface area contributed by atoms with Crippen molar-refractivity contribution in [3.05, 3.63) is 29.5 Å². The Balaban J connectivity index is 1.52. The maximum Gasteiger partial charge on any atom is 0.277 e. The van der Waals surface area contributed by atoms with Crippen molar-refractivity contribution in [1.29, 1.82) is 0 Å². The van der Waals surface area contributed by atoms with E-state index in [-0.39, 0.29) is 11.2 Å². The van der Waals surface area contributed by atoms with E-state index >= 15 is 0 Å². The zero-order valence-corrected chi connectivity index (χ0v) is 16.0. The van der Waals surface area contributed by atoms with E-state index in [1.54, 1.807) is 0 Å². The van der Waals surface area contributed by atoms with Crippen LogP contribution < -0.4 is 0 Å². The number of rotatable bonds is 4. The van der Waals surface area contributed by atoms with Gasteiger partial charge in [0.1, 0.15) is 0 Å². The van der Waals surface area contributed by atoms with E-state index in [4.69, 9.17) is 4.42 Å². The fourth-order valence-electron chi connectivity index (χ4n) is 3.36. The summed E-state index contributed by atoms with van der Waals surface area (Å²) >= 11 is 1.33. The van der Waals surface area contributed by atoms with Crippen LogP contribution in [0.15, 0.2) is 27.8 Å². The zero-order chi connectivity index (χ0) is 18.3. The first-order valence-corrected chi connectivity index (χ1v) is 9.79. The lowest BCUT2D eigenvalue weighted by atomic mass is 10.1. The number of aromatic nitrogens is 3. The molecule has 1 aliphatic rings. The Labute approximate surface area is 156 Å². The van der Waals surface area contributed by atoms with Crippen molar-refractivity contribution < 1.29 is 9.21 Å². The lowest BCUT2D eigenvalue weighted by molar-refractivity contribution is -0.129. The Morgan fingerprint density at radius 3 is 2.81 bits per heavy atom.